The third-order valence-electron chi connectivity index (χ3n) is 4.26. The maximum Gasteiger partial charge on any atom is 0.0760 e. The minimum atomic E-state index is 0.202. The van der Waals surface area contributed by atoms with Crippen molar-refractivity contribution in [3.05, 3.63) is 0 Å². The summed E-state index contributed by atoms with van der Waals surface area (Å²) in [4.78, 5) is 0. The first kappa shape index (κ1) is 16.9. The average Bonchev–Trinajstić information content (AvgIpc) is 2.43. The van der Waals surface area contributed by atoms with Gasteiger partial charge in [0.2, 0.25) is 0 Å². The van der Waals surface area contributed by atoms with Crippen molar-refractivity contribution in [1.82, 2.24) is 5.43 Å². The zero-order chi connectivity index (χ0) is 14.1. The Balaban J connectivity index is 2.17. The first-order chi connectivity index (χ1) is 9.19. The van der Waals surface area contributed by atoms with Crippen LogP contribution in [-0.4, -0.2) is 32.5 Å². The van der Waals surface area contributed by atoms with Gasteiger partial charge in [-0.25, -0.2) is 0 Å². The lowest BCUT2D eigenvalue weighted by Crippen LogP contribution is -2.47. The predicted octanol–water partition coefficient (Wildman–Crippen LogP) is 2.48. The second-order valence-electron chi connectivity index (χ2n) is 6.06. The number of methoxy groups -OCH3 is 1. The van der Waals surface area contributed by atoms with Crippen molar-refractivity contribution in [1.29, 1.82) is 0 Å². The number of hydrazine groups is 1. The molecule has 2 unspecified atom stereocenters. The largest absolute Gasteiger partial charge is 0.381 e. The fraction of sp³-hybridized carbons (Fsp3) is 1.00. The summed E-state index contributed by atoms with van der Waals surface area (Å²) in [7, 11) is 1.77. The van der Waals surface area contributed by atoms with Gasteiger partial charge in [0, 0.05) is 26.4 Å². The van der Waals surface area contributed by atoms with Crippen molar-refractivity contribution in [2.24, 2.45) is 17.7 Å². The molecule has 0 saturated carbocycles. The first-order valence-corrected chi connectivity index (χ1v) is 7.75. The third-order valence-corrected chi connectivity index (χ3v) is 4.26. The van der Waals surface area contributed by atoms with E-state index < -0.39 is 0 Å². The zero-order valence-corrected chi connectivity index (χ0v) is 12.9. The lowest BCUT2D eigenvalue weighted by atomic mass is 9.91. The van der Waals surface area contributed by atoms with E-state index in [-0.39, 0.29) is 12.1 Å². The van der Waals surface area contributed by atoms with Crippen molar-refractivity contribution in [2.45, 2.75) is 64.5 Å². The summed E-state index contributed by atoms with van der Waals surface area (Å²) < 4.78 is 10.9. The van der Waals surface area contributed by atoms with E-state index in [9.17, 15) is 0 Å². The van der Waals surface area contributed by atoms with Crippen molar-refractivity contribution in [3.63, 3.8) is 0 Å². The van der Waals surface area contributed by atoms with E-state index in [0.717, 1.165) is 25.6 Å². The predicted molar refractivity (Wildman–Crippen MR) is 78.8 cm³/mol. The van der Waals surface area contributed by atoms with E-state index in [1.54, 1.807) is 7.11 Å². The molecule has 0 aromatic heterocycles. The van der Waals surface area contributed by atoms with Crippen LogP contribution in [0.5, 0.6) is 0 Å². The van der Waals surface area contributed by atoms with Gasteiger partial charge in [-0.15, -0.1) is 0 Å². The Bertz CT molecular complexity index is 218. The highest BCUT2D eigenvalue weighted by molar-refractivity contribution is 4.77. The van der Waals surface area contributed by atoms with E-state index >= 15 is 0 Å². The molecule has 0 bridgehead atoms. The van der Waals surface area contributed by atoms with Crippen LogP contribution in [0, 0.1) is 11.8 Å². The summed E-state index contributed by atoms with van der Waals surface area (Å²) in [5, 5.41) is 0. The van der Waals surface area contributed by atoms with Crippen LogP contribution in [0.25, 0.3) is 0 Å². The van der Waals surface area contributed by atoms with Crippen molar-refractivity contribution in [3.8, 4) is 0 Å². The van der Waals surface area contributed by atoms with Crippen molar-refractivity contribution >= 4 is 0 Å². The maximum atomic E-state index is 5.67. The van der Waals surface area contributed by atoms with Gasteiger partial charge in [0.25, 0.3) is 0 Å². The Morgan fingerprint density at radius 3 is 2.47 bits per heavy atom. The van der Waals surface area contributed by atoms with E-state index in [2.05, 4.69) is 19.3 Å². The maximum absolute atomic E-state index is 5.67. The molecule has 0 amide bonds. The average molecular weight is 272 g/mol. The summed E-state index contributed by atoms with van der Waals surface area (Å²) in [6, 6.07) is 0.264. The van der Waals surface area contributed by atoms with Crippen LogP contribution < -0.4 is 11.3 Å². The van der Waals surface area contributed by atoms with Gasteiger partial charge < -0.3 is 9.47 Å². The third kappa shape index (κ3) is 6.21. The van der Waals surface area contributed by atoms with E-state index in [1.807, 2.05) is 0 Å². The molecule has 4 heteroatoms. The quantitative estimate of drug-likeness (QED) is 0.385. The molecule has 4 nitrogen and oxygen atoms in total. The second-order valence-corrected chi connectivity index (χ2v) is 6.06. The molecule has 114 valence electrons. The van der Waals surface area contributed by atoms with Crippen LogP contribution in [-0.2, 0) is 9.47 Å². The zero-order valence-electron chi connectivity index (χ0n) is 12.9. The van der Waals surface area contributed by atoms with Gasteiger partial charge in [0.1, 0.15) is 0 Å². The highest BCUT2D eigenvalue weighted by atomic mass is 16.5. The Hall–Kier alpha value is -0.160. The minimum Gasteiger partial charge on any atom is -0.381 e. The van der Waals surface area contributed by atoms with Gasteiger partial charge in [-0.1, -0.05) is 33.1 Å². The minimum absolute atomic E-state index is 0.202. The van der Waals surface area contributed by atoms with E-state index in [0.29, 0.717) is 5.92 Å². The Morgan fingerprint density at radius 2 is 1.95 bits per heavy atom. The molecule has 1 saturated heterocycles. The normalized spacial score (nSPS) is 20.7. The van der Waals surface area contributed by atoms with Crippen LogP contribution >= 0.6 is 0 Å². The molecule has 1 aliphatic heterocycles. The summed E-state index contributed by atoms with van der Waals surface area (Å²) in [5.74, 6) is 7.03. The summed E-state index contributed by atoms with van der Waals surface area (Å²) in [6.45, 7) is 6.27. The number of rotatable bonds is 9. The highest BCUT2D eigenvalue weighted by Crippen LogP contribution is 2.22. The van der Waals surface area contributed by atoms with Gasteiger partial charge in [-0.2, -0.15) is 0 Å². The summed E-state index contributed by atoms with van der Waals surface area (Å²) in [6.07, 6.45) is 7.62. The van der Waals surface area contributed by atoms with Crippen LogP contribution in [0.3, 0.4) is 0 Å². The molecule has 2 atom stereocenters. The Morgan fingerprint density at radius 1 is 1.26 bits per heavy atom. The molecule has 1 rings (SSSR count). The highest BCUT2D eigenvalue weighted by Gasteiger charge is 2.23. The first-order valence-electron chi connectivity index (χ1n) is 7.75. The molecule has 1 aliphatic rings. The van der Waals surface area contributed by atoms with E-state index in [4.69, 9.17) is 15.3 Å². The van der Waals surface area contributed by atoms with Crippen molar-refractivity contribution < 1.29 is 9.47 Å². The standard InChI is InChI=1S/C15H32N2O2/c1-12(2)15(18-3)14(17-16)7-5-4-6-13-8-10-19-11-9-13/h12-15,17H,4-11,16H2,1-3H3. The molecule has 0 radical (unpaired) electrons. The topological polar surface area (TPSA) is 56.5 Å². The molecule has 0 aliphatic carbocycles. The Kier molecular flexibility index (Phi) is 8.62. The summed E-state index contributed by atoms with van der Waals surface area (Å²) >= 11 is 0. The number of hydrogen-bond acceptors (Lipinski definition) is 4. The second kappa shape index (κ2) is 9.70. The molecular formula is C15H32N2O2. The number of unbranched alkanes of at least 4 members (excludes halogenated alkanes) is 1. The monoisotopic (exact) mass is 272 g/mol. The molecule has 1 heterocycles. The molecule has 19 heavy (non-hydrogen) atoms. The molecule has 0 aromatic carbocycles. The summed E-state index contributed by atoms with van der Waals surface area (Å²) in [5.41, 5.74) is 2.93. The van der Waals surface area contributed by atoms with Crippen molar-refractivity contribution in [2.75, 3.05) is 20.3 Å². The lowest BCUT2D eigenvalue weighted by Gasteiger charge is -2.28. The Labute approximate surface area is 118 Å². The molecule has 3 N–H and O–H groups in total. The van der Waals surface area contributed by atoms with Gasteiger partial charge in [0.15, 0.2) is 0 Å². The molecule has 0 spiro atoms. The van der Waals surface area contributed by atoms with E-state index in [1.165, 1.54) is 32.1 Å². The number of nitrogens with one attached hydrogen (secondary N) is 1. The fourth-order valence-electron chi connectivity index (χ4n) is 3.08. The lowest BCUT2D eigenvalue weighted by molar-refractivity contribution is 0.0294. The van der Waals surface area contributed by atoms with Gasteiger partial charge in [-0.05, 0) is 31.1 Å². The fourth-order valence-corrected chi connectivity index (χ4v) is 3.08. The molecule has 1 fully saturated rings. The van der Waals surface area contributed by atoms with Crippen LogP contribution in [0.4, 0.5) is 0 Å². The van der Waals surface area contributed by atoms with Crippen LogP contribution in [0.2, 0.25) is 0 Å². The number of nitrogens with two attached hydrogens (primary N) is 1. The SMILES string of the molecule is COC(C(C)C)C(CCCCC1CCOCC1)NN. The van der Waals surface area contributed by atoms with Gasteiger partial charge >= 0.3 is 0 Å². The number of hydrogen-bond donors (Lipinski definition) is 2. The van der Waals surface area contributed by atoms with Crippen LogP contribution in [0.15, 0.2) is 0 Å². The smallest absolute Gasteiger partial charge is 0.0760 e. The number of ether oxygens (including phenoxy) is 2. The van der Waals surface area contributed by atoms with Gasteiger partial charge in [-0.3, -0.25) is 11.3 Å². The molecule has 0 aromatic rings. The van der Waals surface area contributed by atoms with Crippen LogP contribution in [0.1, 0.15) is 52.4 Å². The molecular weight excluding hydrogens is 240 g/mol. The van der Waals surface area contributed by atoms with Gasteiger partial charge in [0.05, 0.1) is 6.10 Å².